The van der Waals surface area contributed by atoms with Crippen LogP contribution in [0.15, 0.2) is 53.3 Å². The molecule has 2 aromatic heterocycles. The lowest BCUT2D eigenvalue weighted by atomic mass is 10.1. The van der Waals surface area contributed by atoms with Crippen molar-refractivity contribution in [3.05, 3.63) is 81.7 Å². The van der Waals surface area contributed by atoms with E-state index in [1.807, 2.05) is 28.9 Å². The predicted molar refractivity (Wildman–Crippen MR) is 137 cm³/mol. The number of methoxy groups -OCH3 is 1. The van der Waals surface area contributed by atoms with Crippen LogP contribution in [0.3, 0.4) is 0 Å². The van der Waals surface area contributed by atoms with Crippen molar-refractivity contribution in [1.82, 2.24) is 30.1 Å². The van der Waals surface area contributed by atoms with Gasteiger partial charge in [0.2, 0.25) is 0 Å². The second-order valence-corrected chi connectivity index (χ2v) is 9.39. The maximum Gasteiger partial charge on any atom is 0.252 e. The zero-order valence-electron chi connectivity index (χ0n) is 21.1. The minimum atomic E-state index is -0.289. The number of aromatic nitrogens is 5. The fraction of sp³-hybridized carbons (Fsp3) is 0.407. The molecule has 0 bridgehead atoms. The third kappa shape index (κ3) is 5.70. The summed E-state index contributed by atoms with van der Waals surface area (Å²) in [6, 6.07) is 13.7. The SMILES string of the molecule is CC[C@@H](c1nnnn1C[C@H]1CCCO1)N(Cc1ccc(F)cc1)Cc1cc2cc(OC)ccc2[nH]c1=O. The summed E-state index contributed by atoms with van der Waals surface area (Å²) in [5.74, 6) is 1.15. The first kappa shape index (κ1) is 25.0. The Morgan fingerprint density at radius 1 is 1.22 bits per heavy atom. The van der Waals surface area contributed by atoms with Crippen molar-refractivity contribution < 1.29 is 13.9 Å². The maximum absolute atomic E-state index is 13.6. The van der Waals surface area contributed by atoms with E-state index < -0.39 is 0 Å². The molecule has 5 rings (SSSR count). The van der Waals surface area contributed by atoms with Crippen molar-refractivity contribution in [3.8, 4) is 5.75 Å². The Morgan fingerprint density at radius 2 is 2.05 bits per heavy atom. The van der Waals surface area contributed by atoms with Gasteiger partial charge in [0.05, 0.1) is 25.8 Å². The van der Waals surface area contributed by atoms with Crippen LogP contribution in [0.25, 0.3) is 10.9 Å². The van der Waals surface area contributed by atoms with Crippen molar-refractivity contribution in [2.24, 2.45) is 0 Å². The first-order chi connectivity index (χ1) is 18.0. The summed E-state index contributed by atoms with van der Waals surface area (Å²) in [6.45, 7) is 4.25. The molecule has 9 nitrogen and oxygen atoms in total. The summed E-state index contributed by atoms with van der Waals surface area (Å²) in [5.41, 5.74) is 2.12. The number of nitrogens with zero attached hydrogens (tertiary/aromatic N) is 5. The third-order valence-corrected chi connectivity index (χ3v) is 6.89. The Morgan fingerprint density at radius 3 is 2.78 bits per heavy atom. The molecule has 3 heterocycles. The fourth-order valence-corrected chi connectivity index (χ4v) is 4.96. The lowest BCUT2D eigenvalue weighted by Crippen LogP contribution is -2.33. The lowest BCUT2D eigenvalue weighted by Gasteiger charge is -2.30. The molecule has 0 amide bonds. The number of rotatable bonds is 10. The molecular formula is C27H31FN6O3. The van der Waals surface area contributed by atoms with Gasteiger partial charge < -0.3 is 14.5 Å². The first-order valence-electron chi connectivity index (χ1n) is 12.6. The monoisotopic (exact) mass is 506 g/mol. The van der Waals surface area contributed by atoms with E-state index in [0.29, 0.717) is 37.4 Å². The average molecular weight is 507 g/mol. The lowest BCUT2D eigenvalue weighted by molar-refractivity contribution is 0.0888. The minimum Gasteiger partial charge on any atom is -0.497 e. The molecule has 1 aliphatic heterocycles. The van der Waals surface area contributed by atoms with Crippen molar-refractivity contribution in [2.75, 3.05) is 13.7 Å². The number of ether oxygens (including phenoxy) is 2. The van der Waals surface area contributed by atoms with Crippen molar-refractivity contribution in [3.63, 3.8) is 0 Å². The van der Waals surface area contributed by atoms with Crippen LogP contribution in [0, 0.1) is 5.82 Å². The highest BCUT2D eigenvalue weighted by molar-refractivity contribution is 5.80. The van der Waals surface area contributed by atoms with Gasteiger partial charge >= 0.3 is 0 Å². The van der Waals surface area contributed by atoms with Crippen molar-refractivity contribution in [1.29, 1.82) is 0 Å². The number of hydrogen-bond acceptors (Lipinski definition) is 7. The van der Waals surface area contributed by atoms with E-state index in [1.165, 1.54) is 12.1 Å². The van der Waals surface area contributed by atoms with Crippen molar-refractivity contribution in [2.45, 2.75) is 58.0 Å². The number of aromatic amines is 1. The van der Waals surface area contributed by atoms with Crippen LogP contribution in [-0.4, -0.2) is 49.9 Å². The molecule has 0 unspecified atom stereocenters. The average Bonchev–Trinajstić information content (AvgIpc) is 3.59. The Bertz CT molecular complexity index is 1400. The van der Waals surface area contributed by atoms with E-state index in [-0.39, 0.29) is 23.5 Å². The van der Waals surface area contributed by atoms with Crippen molar-refractivity contribution >= 4 is 10.9 Å². The standard InChI is InChI=1S/C27H31FN6O3/c1-3-25(26-30-31-32-34(26)17-23-5-4-12-37-23)33(15-18-6-8-21(28)9-7-18)16-20-13-19-14-22(36-2)10-11-24(19)29-27(20)35/h6-11,13-14,23,25H,3-5,12,15-17H2,1-2H3,(H,29,35)/t23-,25+/m1/s1. The molecule has 4 aromatic rings. The normalized spacial score (nSPS) is 16.5. The number of fused-ring (bicyclic) bond motifs is 1. The molecule has 194 valence electrons. The van der Waals surface area contributed by atoms with Crippen LogP contribution in [0.4, 0.5) is 4.39 Å². The van der Waals surface area contributed by atoms with Crippen LogP contribution >= 0.6 is 0 Å². The first-order valence-corrected chi connectivity index (χ1v) is 12.6. The highest BCUT2D eigenvalue weighted by Crippen LogP contribution is 2.28. The van der Waals surface area contributed by atoms with E-state index >= 15 is 0 Å². The summed E-state index contributed by atoms with van der Waals surface area (Å²) < 4.78 is 26.6. The Balaban J connectivity index is 1.50. The molecule has 2 aromatic carbocycles. The molecule has 0 aliphatic carbocycles. The molecule has 1 fully saturated rings. The summed E-state index contributed by atoms with van der Waals surface area (Å²) in [5, 5.41) is 13.5. The highest BCUT2D eigenvalue weighted by atomic mass is 19.1. The van der Waals surface area contributed by atoms with Gasteiger partial charge in [-0.15, -0.1) is 5.10 Å². The zero-order chi connectivity index (χ0) is 25.8. The summed E-state index contributed by atoms with van der Waals surface area (Å²) in [4.78, 5) is 18.2. The third-order valence-electron chi connectivity index (χ3n) is 6.89. The number of hydrogen-bond donors (Lipinski definition) is 1. The van der Waals surface area contributed by atoms with Crippen LogP contribution in [-0.2, 0) is 24.4 Å². The van der Waals surface area contributed by atoms with Gasteiger partial charge in [0.25, 0.3) is 5.56 Å². The number of benzene rings is 2. The van der Waals surface area contributed by atoms with Crippen LogP contribution in [0.2, 0.25) is 0 Å². The van der Waals surface area contributed by atoms with Gasteiger partial charge in [0.1, 0.15) is 11.6 Å². The predicted octanol–water partition coefficient (Wildman–Crippen LogP) is 3.99. The second-order valence-electron chi connectivity index (χ2n) is 9.39. The van der Waals surface area contributed by atoms with E-state index in [2.05, 4.69) is 32.3 Å². The summed E-state index contributed by atoms with van der Waals surface area (Å²) >= 11 is 0. The number of tetrazole rings is 1. The summed E-state index contributed by atoms with van der Waals surface area (Å²) in [6.07, 6.45) is 2.81. The van der Waals surface area contributed by atoms with Crippen LogP contribution in [0.5, 0.6) is 5.75 Å². The van der Waals surface area contributed by atoms with Crippen LogP contribution in [0.1, 0.15) is 49.2 Å². The van der Waals surface area contributed by atoms with E-state index in [1.54, 1.807) is 19.2 Å². The minimum absolute atomic E-state index is 0.0867. The number of pyridine rings is 1. The molecule has 0 radical (unpaired) electrons. The van der Waals surface area contributed by atoms with Gasteiger partial charge in [-0.2, -0.15) is 0 Å². The molecule has 1 aliphatic rings. The van der Waals surface area contributed by atoms with E-state index in [4.69, 9.17) is 9.47 Å². The molecule has 0 saturated carbocycles. The maximum atomic E-state index is 13.6. The second kappa shape index (κ2) is 11.2. The molecule has 2 atom stereocenters. The number of nitrogens with one attached hydrogen (secondary N) is 1. The smallest absolute Gasteiger partial charge is 0.252 e. The Kier molecular flexibility index (Phi) is 7.57. The van der Waals surface area contributed by atoms with Gasteiger partial charge in [-0.25, -0.2) is 9.07 Å². The molecular weight excluding hydrogens is 475 g/mol. The topological polar surface area (TPSA) is 98.2 Å². The Hall–Kier alpha value is -3.63. The summed E-state index contributed by atoms with van der Waals surface area (Å²) in [7, 11) is 1.62. The van der Waals surface area contributed by atoms with Crippen LogP contribution < -0.4 is 10.3 Å². The molecule has 10 heteroatoms. The van der Waals surface area contributed by atoms with E-state index in [9.17, 15) is 9.18 Å². The highest BCUT2D eigenvalue weighted by Gasteiger charge is 2.28. The number of halogens is 1. The van der Waals surface area contributed by atoms with Gasteiger partial charge in [-0.05, 0) is 71.7 Å². The van der Waals surface area contributed by atoms with Gasteiger partial charge in [0.15, 0.2) is 5.82 Å². The zero-order valence-corrected chi connectivity index (χ0v) is 21.1. The largest absolute Gasteiger partial charge is 0.497 e. The molecule has 1 N–H and O–H groups in total. The number of H-pyrrole nitrogens is 1. The van der Waals surface area contributed by atoms with Gasteiger partial charge in [-0.3, -0.25) is 9.69 Å². The molecule has 37 heavy (non-hydrogen) atoms. The quantitative estimate of drug-likeness (QED) is 0.347. The van der Waals surface area contributed by atoms with E-state index in [0.717, 1.165) is 41.7 Å². The van der Waals surface area contributed by atoms with Gasteiger partial charge in [-0.1, -0.05) is 19.1 Å². The molecule has 0 spiro atoms. The van der Waals surface area contributed by atoms with Gasteiger partial charge in [0, 0.05) is 36.2 Å². The molecule has 1 saturated heterocycles. The fourth-order valence-electron chi connectivity index (χ4n) is 4.96. The Labute approximate surface area is 214 Å².